The molecular formula is C73H142O17P2. The molecule has 0 heterocycles. The summed E-state index contributed by atoms with van der Waals surface area (Å²) in [6, 6.07) is 0. The Hall–Kier alpha value is -1.94. The molecule has 0 bridgehead atoms. The molecule has 3 N–H and O–H groups in total. The molecular weight excluding hydrogens is 1210 g/mol. The Kier molecular flexibility index (Phi) is 63.7. The van der Waals surface area contributed by atoms with Crippen LogP contribution in [0.3, 0.4) is 0 Å². The third-order valence-corrected chi connectivity index (χ3v) is 18.9. The summed E-state index contributed by atoms with van der Waals surface area (Å²) in [6.45, 7) is 9.48. The first-order valence-corrected chi connectivity index (χ1v) is 41.0. The molecule has 0 aromatic carbocycles. The van der Waals surface area contributed by atoms with Crippen LogP contribution in [-0.4, -0.2) is 96.7 Å². The molecule has 0 saturated heterocycles. The molecule has 0 amide bonds. The SMILES string of the molecule is CCCCCCCCCCCCCCCCCCCCCCCC(=O)O[C@H](COC(=O)CCCCCCCCCCCCC(C)C)COP(=O)(O)OC[C@@H](O)COP(=O)(O)OC[C@@H](COC(=O)CCCCCCCCC)OC(=O)CCCCCCCCCCC(C)C. The van der Waals surface area contributed by atoms with Gasteiger partial charge in [0.05, 0.1) is 26.4 Å². The van der Waals surface area contributed by atoms with Gasteiger partial charge in [0.25, 0.3) is 0 Å². The number of phosphoric acid groups is 2. The van der Waals surface area contributed by atoms with Gasteiger partial charge >= 0.3 is 39.5 Å². The second kappa shape index (κ2) is 65.0. The fourth-order valence-corrected chi connectivity index (χ4v) is 12.7. The molecule has 0 rings (SSSR count). The van der Waals surface area contributed by atoms with E-state index in [1.807, 2.05) is 0 Å². The van der Waals surface area contributed by atoms with Crippen molar-refractivity contribution in [3.05, 3.63) is 0 Å². The standard InChI is InChI=1S/C73H142O17P2/c1-7-9-11-13-15-16-17-18-19-20-21-22-23-24-25-26-27-32-39-45-51-57-72(77)89-69(62-84-71(76)56-50-44-38-31-29-28-30-36-41-47-53-65(3)4)64-88-92(81,82)86-60-67(74)59-85-91(79,80)87-63-68(61-83-70(75)55-49-43-35-14-12-10-8-2)90-73(78)58-52-46-40-34-33-37-42-48-54-66(5)6/h65-69,74H,7-64H2,1-6H3,(H,79,80)(H,81,82)/t67-,68+,69+/m0/s1. The maximum absolute atomic E-state index is 13.1. The second-order valence-corrected chi connectivity index (χ2v) is 30.2. The first kappa shape index (κ1) is 90.1. The highest BCUT2D eigenvalue weighted by molar-refractivity contribution is 7.47. The second-order valence-electron chi connectivity index (χ2n) is 27.3. The van der Waals surface area contributed by atoms with Crippen LogP contribution in [0.2, 0.25) is 0 Å². The number of hydrogen-bond donors (Lipinski definition) is 3. The van der Waals surface area contributed by atoms with Crippen molar-refractivity contribution in [2.45, 2.75) is 394 Å². The lowest BCUT2D eigenvalue weighted by Gasteiger charge is -2.21. The average molecular weight is 1350 g/mol. The molecule has 0 radical (unpaired) electrons. The van der Waals surface area contributed by atoms with Crippen LogP contribution < -0.4 is 0 Å². The zero-order valence-corrected chi connectivity index (χ0v) is 61.6. The van der Waals surface area contributed by atoms with E-state index >= 15 is 0 Å². The number of phosphoric ester groups is 2. The summed E-state index contributed by atoms with van der Waals surface area (Å²) in [7, 11) is -9.90. The molecule has 0 spiro atoms. The Morgan fingerprint density at radius 2 is 0.500 bits per heavy atom. The first-order valence-electron chi connectivity index (χ1n) is 38.0. The van der Waals surface area contributed by atoms with Crippen LogP contribution in [0.5, 0.6) is 0 Å². The van der Waals surface area contributed by atoms with Gasteiger partial charge in [0.2, 0.25) is 0 Å². The molecule has 546 valence electrons. The van der Waals surface area contributed by atoms with Crippen molar-refractivity contribution < 1.29 is 80.2 Å². The Morgan fingerprint density at radius 1 is 0.293 bits per heavy atom. The summed E-state index contributed by atoms with van der Waals surface area (Å²) >= 11 is 0. The summed E-state index contributed by atoms with van der Waals surface area (Å²) in [5, 5.41) is 10.6. The van der Waals surface area contributed by atoms with Crippen molar-refractivity contribution in [3.8, 4) is 0 Å². The molecule has 19 heteroatoms. The topological polar surface area (TPSA) is 237 Å². The number of carbonyl (C=O) groups excluding carboxylic acids is 4. The minimum atomic E-state index is -4.95. The van der Waals surface area contributed by atoms with E-state index in [-0.39, 0.29) is 25.7 Å². The van der Waals surface area contributed by atoms with E-state index in [4.69, 9.17) is 37.0 Å². The van der Waals surface area contributed by atoms with Crippen molar-refractivity contribution in [1.82, 2.24) is 0 Å². The van der Waals surface area contributed by atoms with E-state index in [2.05, 4.69) is 41.5 Å². The van der Waals surface area contributed by atoms with Crippen LogP contribution in [0.25, 0.3) is 0 Å². The summed E-state index contributed by atoms with van der Waals surface area (Å²) in [6.07, 6.45) is 51.7. The Bertz CT molecular complexity index is 1790. The van der Waals surface area contributed by atoms with Crippen LogP contribution in [0.1, 0.15) is 375 Å². The number of rotatable bonds is 72. The van der Waals surface area contributed by atoms with Crippen molar-refractivity contribution in [3.63, 3.8) is 0 Å². The van der Waals surface area contributed by atoms with Crippen LogP contribution in [0, 0.1) is 11.8 Å². The van der Waals surface area contributed by atoms with Crippen molar-refractivity contribution in [2.24, 2.45) is 11.8 Å². The highest BCUT2D eigenvalue weighted by Crippen LogP contribution is 2.45. The lowest BCUT2D eigenvalue weighted by molar-refractivity contribution is -0.161. The third-order valence-electron chi connectivity index (χ3n) is 17.0. The van der Waals surface area contributed by atoms with Gasteiger partial charge in [-0.1, -0.05) is 324 Å². The zero-order valence-electron chi connectivity index (χ0n) is 59.9. The number of unbranched alkanes of at least 4 members (excludes halogenated alkanes) is 42. The molecule has 0 aromatic rings. The number of carbonyl (C=O) groups is 4. The fraction of sp³-hybridized carbons (Fsp3) is 0.945. The van der Waals surface area contributed by atoms with Gasteiger partial charge in [-0.25, -0.2) is 9.13 Å². The van der Waals surface area contributed by atoms with Crippen molar-refractivity contribution >= 4 is 39.5 Å². The van der Waals surface area contributed by atoms with Crippen molar-refractivity contribution in [1.29, 1.82) is 0 Å². The number of aliphatic hydroxyl groups excluding tert-OH is 1. The first-order chi connectivity index (χ1) is 44.4. The van der Waals surface area contributed by atoms with E-state index < -0.39 is 97.5 Å². The predicted molar refractivity (Wildman–Crippen MR) is 372 cm³/mol. The predicted octanol–water partition coefficient (Wildman–Crippen LogP) is 21.2. The summed E-state index contributed by atoms with van der Waals surface area (Å²) < 4.78 is 68.3. The number of hydrogen-bond acceptors (Lipinski definition) is 15. The van der Waals surface area contributed by atoms with Gasteiger partial charge < -0.3 is 33.8 Å². The number of esters is 4. The molecule has 92 heavy (non-hydrogen) atoms. The molecule has 0 fully saturated rings. The lowest BCUT2D eigenvalue weighted by Crippen LogP contribution is -2.30. The van der Waals surface area contributed by atoms with Crippen LogP contribution in [0.15, 0.2) is 0 Å². The lowest BCUT2D eigenvalue weighted by atomic mass is 10.0. The molecule has 0 aromatic heterocycles. The van der Waals surface area contributed by atoms with Crippen LogP contribution in [0.4, 0.5) is 0 Å². The zero-order chi connectivity index (χ0) is 67.9. The summed E-state index contributed by atoms with van der Waals surface area (Å²) in [4.78, 5) is 72.5. The van der Waals surface area contributed by atoms with E-state index in [9.17, 15) is 43.2 Å². The Balaban J connectivity index is 5.15. The van der Waals surface area contributed by atoms with Gasteiger partial charge in [-0.3, -0.25) is 37.3 Å². The quantitative estimate of drug-likeness (QED) is 0.0222. The average Bonchev–Trinajstić information content (AvgIpc) is 1.46. The smallest absolute Gasteiger partial charge is 0.462 e. The van der Waals surface area contributed by atoms with Gasteiger partial charge in [0.15, 0.2) is 12.2 Å². The van der Waals surface area contributed by atoms with Gasteiger partial charge in [-0.15, -0.1) is 0 Å². The highest BCUT2D eigenvalue weighted by atomic mass is 31.2. The third kappa shape index (κ3) is 66.7. The normalized spacial score (nSPS) is 14.1. The van der Waals surface area contributed by atoms with E-state index in [1.54, 1.807) is 0 Å². The maximum Gasteiger partial charge on any atom is 0.472 e. The van der Waals surface area contributed by atoms with Gasteiger partial charge in [-0.2, -0.15) is 0 Å². The summed E-state index contributed by atoms with van der Waals surface area (Å²) in [5.74, 6) is -0.651. The molecule has 0 aliphatic heterocycles. The van der Waals surface area contributed by atoms with Gasteiger partial charge in [-0.05, 0) is 37.5 Å². The molecule has 0 aliphatic carbocycles. The largest absolute Gasteiger partial charge is 0.472 e. The monoisotopic (exact) mass is 1350 g/mol. The minimum Gasteiger partial charge on any atom is -0.462 e. The molecule has 5 atom stereocenters. The van der Waals surface area contributed by atoms with Gasteiger partial charge in [0, 0.05) is 25.7 Å². The maximum atomic E-state index is 13.1. The van der Waals surface area contributed by atoms with Gasteiger partial charge in [0.1, 0.15) is 19.3 Å². The Morgan fingerprint density at radius 3 is 0.739 bits per heavy atom. The van der Waals surface area contributed by atoms with Crippen LogP contribution in [-0.2, 0) is 65.4 Å². The van der Waals surface area contributed by atoms with Crippen LogP contribution >= 0.6 is 15.6 Å². The fourth-order valence-electron chi connectivity index (χ4n) is 11.1. The summed E-state index contributed by atoms with van der Waals surface area (Å²) in [5.41, 5.74) is 0. The highest BCUT2D eigenvalue weighted by Gasteiger charge is 2.30. The molecule has 0 aliphatic rings. The number of aliphatic hydroxyl groups is 1. The molecule has 2 unspecified atom stereocenters. The number of ether oxygens (including phenoxy) is 4. The minimum absolute atomic E-state index is 0.104. The van der Waals surface area contributed by atoms with E-state index in [1.165, 1.54) is 180 Å². The van der Waals surface area contributed by atoms with E-state index in [0.717, 1.165) is 115 Å². The van der Waals surface area contributed by atoms with E-state index in [0.29, 0.717) is 25.7 Å². The molecule has 17 nitrogen and oxygen atoms in total. The van der Waals surface area contributed by atoms with Crippen molar-refractivity contribution in [2.75, 3.05) is 39.6 Å². The molecule has 0 saturated carbocycles. The Labute approximate surface area is 562 Å².